The topological polar surface area (TPSA) is 42.7 Å². The van der Waals surface area contributed by atoms with Gasteiger partial charge in [0, 0.05) is 24.3 Å². The lowest BCUT2D eigenvalue weighted by molar-refractivity contribution is 0.464. The summed E-state index contributed by atoms with van der Waals surface area (Å²) in [5.74, 6) is 0.488. The molecule has 0 aliphatic heterocycles. The number of halogens is 1. The summed E-state index contributed by atoms with van der Waals surface area (Å²) < 4.78 is 1.76. The third-order valence-corrected chi connectivity index (χ3v) is 4.26. The van der Waals surface area contributed by atoms with E-state index in [1.807, 2.05) is 25.4 Å². The fraction of sp³-hybridized carbons (Fsp3) is 0.500. The summed E-state index contributed by atoms with van der Waals surface area (Å²) >= 11 is 6.30. The zero-order chi connectivity index (χ0) is 14.7. The normalized spacial score (nSPS) is 16.1. The van der Waals surface area contributed by atoms with E-state index >= 15 is 0 Å². The first-order valence-electron chi connectivity index (χ1n) is 7.52. The van der Waals surface area contributed by atoms with Crippen LogP contribution in [0.1, 0.15) is 24.1 Å². The maximum Gasteiger partial charge on any atom is 0.0830 e. The second-order valence-corrected chi connectivity index (χ2v) is 6.34. The van der Waals surface area contributed by atoms with E-state index in [0.717, 1.165) is 36.1 Å². The van der Waals surface area contributed by atoms with Crippen molar-refractivity contribution in [3.05, 3.63) is 46.7 Å². The molecule has 1 aromatic heterocycles. The smallest absolute Gasteiger partial charge is 0.0830 e. The molecule has 0 amide bonds. The Bertz CT molecular complexity index is 591. The molecule has 5 heteroatoms. The van der Waals surface area contributed by atoms with Gasteiger partial charge in [0.15, 0.2) is 0 Å². The summed E-state index contributed by atoms with van der Waals surface area (Å²) in [6.45, 7) is 1.01. The number of rotatable bonds is 7. The molecular formula is C16H21ClN4. The number of aryl methyl sites for hydroxylation is 1. The van der Waals surface area contributed by atoms with Crippen molar-refractivity contribution in [3.8, 4) is 0 Å². The molecule has 0 saturated heterocycles. The Morgan fingerprint density at radius 1 is 1.33 bits per heavy atom. The predicted molar refractivity (Wildman–Crippen MR) is 84.4 cm³/mol. The number of benzene rings is 1. The van der Waals surface area contributed by atoms with Gasteiger partial charge in [-0.25, -0.2) is 0 Å². The van der Waals surface area contributed by atoms with Gasteiger partial charge in [0.2, 0.25) is 0 Å². The maximum atomic E-state index is 6.30. The standard InChI is InChI=1S/C16H21ClN4/c1-21-11-15(19-20-21)9-12(10-18-14-6-7-14)8-13-4-2-3-5-16(13)17/h2-5,11-12,14,18H,6-10H2,1H3. The molecule has 112 valence electrons. The Balaban J connectivity index is 1.67. The molecule has 1 N–H and O–H groups in total. The molecule has 4 nitrogen and oxygen atoms in total. The van der Waals surface area contributed by atoms with Crippen molar-refractivity contribution in [1.82, 2.24) is 20.3 Å². The molecule has 21 heavy (non-hydrogen) atoms. The summed E-state index contributed by atoms with van der Waals surface area (Å²) in [6, 6.07) is 8.83. The molecule has 1 aromatic carbocycles. The molecule has 0 radical (unpaired) electrons. The molecule has 1 atom stereocenters. The average molecular weight is 305 g/mol. The number of nitrogens with zero attached hydrogens (tertiary/aromatic N) is 3. The minimum Gasteiger partial charge on any atom is -0.314 e. The minimum atomic E-state index is 0.488. The molecule has 1 aliphatic rings. The van der Waals surface area contributed by atoms with Crippen molar-refractivity contribution >= 4 is 11.6 Å². The van der Waals surface area contributed by atoms with Crippen LogP contribution in [0, 0.1) is 5.92 Å². The Labute approximate surface area is 130 Å². The van der Waals surface area contributed by atoms with E-state index in [0.29, 0.717) is 5.92 Å². The lowest BCUT2D eigenvalue weighted by Gasteiger charge is -2.17. The van der Waals surface area contributed by atoms with Crippen LogP contribution in [-0.4, -0.2) is 27.6 Å². The first-order chi connectivity index (χ1) is 10.2. The van der Waals surface area contributed by atoms with E-state index in [4.69, 9.17) is 11.6 Å². The van der Waals surface area contributed by atoms with Crippen molar-refractivity contribution in [1.29, 1.82) is 0 Å². The monoisotopic (exact) mass is 304 g/mol. The summed E-state index contributed by atoms with van der Waals surface area (Å²) in [5.41, 5.74) is 2.26. The summed E-state index contributed by atoms with van der Waals surface area (Å²) in [7, 11) is 1.90. The van der Waals surface area contributed by atoms with Crippen LogP contribution in [0.15, 0.2) is 30.5 Å². The van der Waals surface area contributed by atoms with Crippen molar-refractivity contribution in [2.45, 2.75) is 31.7 Å². The van der Waals surface area contributed by atoms with Gasteiger partial charge >= 0.3 is 0 Å². The lowest BCUT2D eigenvalue weighted by Crippen LogP contribution is -2.27. The molecule has 0 bridgehead atoms. The van der Waals surface area contributed by atoms with Crippen molar-refractivity contribution in [2.24, 2.45) is 13.0 Å². The average Bonchev–Trinajstić information content (AvgIpc) is 3.21. The van der Waals surface area contributed by atoms with Crippen LogP contribution in [0.4, 0.5) is 0 Å². The molecule has 1 aliphatic carbocycles. The van der Waals surface area contributed by atoms with E-state index in [-0.39, 0.29) is 0 Å². The SMILES string of the molecule is Cn1cc(CC(CNC2CC2)Cc2ccccc2Cl)nn1. The van der Waals surface area contributed by atoms with Crippen LogP contribution in [0.25, 0.3) is 0 Å². The van der Waals surface area contributed by atoms with E-state index in [1.165, 1.54) is 18.4 Å². The molecule has 1 unspecified atom stereocenters. The third-order valence-electron chi connectivity index (χ3n) is 3.89. The predicted octanol–water partition coefficient (Wildman–Crippen LogP) is 2.62. The summed E-state index contributed by atoms with van der Waals surface area (Å²) in [4.78, 5) is 0. The van der Waals surface area contributed by atoms with Crippen molar-refractivity contribution in [2.75, 3.05) is 6.54 Å². The molecular weight excluding hydrogens is 284 g/mol. The molecule has 1 heterocycles. The van der Waals surface area contributed by atoms with Gasteiger partial charge in [0.05, 0.1) is 5.69 Å². The van der Waals surface area contributed by atoms with Gasteiger partial charge in [-0.1, -0.05) is 35.0 Å². The van der Waals surface area contributed by atoms with Gasteiger partial charge in [-0.3, -0.25) is 4.68 Å². The maximum absolute atomic E-state index is 6.30. The molecule has 1 saturated carbocycles. The van der Waals surface area contributed by atoms with Gasteiger partial charge in [-0.05, 0) is 49.8 Å². The zero-order valence-electron chi connectivity index (χ0n) is 12.3. The third kappa shape index (κ3) is 4.29. The van der Waals surface area contributed by atoms with Crippen molar-refractivity contribution < 1.29 is 0 Å². The van der Waals surface area contributed by atoms with Crippen molar-refractivity contribution in [3.63, 3.8) is 0 Å². The van der Waals surface area contributed by atoms with E-state index in [9.17, 15) is 0 Å². The van der Waals surface area contributed by atoms with Gasteiger partial charge in [-0.2, -0.15) is 0 Å². The molecule has 1 fully saturated rings. The first-order valence-corrected chi connectivity index (χ1v) is 7.90. The quantitative estimate of drug-likeness (QED) is 0.855. The van der Waals surface area contributed by atoms with Crippen LogP contribution in [0.2, 0.25) is 5.02 Å². The molecule has 3 rings (SSSR count). The summed E-state index contributed by atoms with van der Waals surface area (Å²) in [5, 5.41) is 12.7. The van der Waals surface area contributed by atoms with Gasteiger partial charge < -0.3 is 5.32 Å². The van der Waals surface area contributed by atoms with E-state index < -0.39 is 0 Å². The Morgan fingerprint density at radius 3 is 2.81 bits per heavy atom. The molecule has 0 spiro atoms. The number of hydrogen-bond donors (Lipinski definition) is 1. The highest BCUT2D eigenvalue weighted by molar-refractivity contribution is 6.31. The van der Waals surface area contributed by atoms with E-state index in [1.54, 1.807) is 4.68 Å². The largest absolute Gasteiger partial charge is 0.314 e. The summed E-state index contributed by atoms with van der Waals surface area (Å²) in [6.07, 6.45) is 6.51. The van der Waals surface area contributed by atoms with Crippen LogP contribution in [0.5, 0.6) is 0 Å². The highest BCUT2D eigenvalue weighted by Gasteiger charge is 2.23. The van der Waals surface area contributed by atoms with Crippen LogP contribution in [0.3, 0.4) is 0 Å². The van der Waals surface area contributed by atoms with E-state index in [2.05, 4.69) is 27.8 Å². The second-order valence-electron chi connectivity index (χ2n) is 5.93. The minimum absolute atomic E-state index is 0.488. The number of aromatic nitrogens is 3. The van der Waals surface area contributed by atoms with Crippen LogP contribution in [-0.2, 0) is 19.9 Å². The second kappa shape index (κ2) is 6.58. The Kier molecular flexibility index (Phi) is 4.56. The first kappa shape index (κ1) is 14.5. The molecule has 2 aromatic rings. The zero-order valence-corrected chi connectivity index (χ0v) is 13.1. The van der Waals surface area contributed by atoms with Gasteiger partial charge in [0.1, 0.15) is 0 Å². The fourth-order valence-corrected chi connectivity index (χ4v) is 2.81. The van der Waals surface area contributed by atoms with Gasteiger partial charge in [0.25, 0.3) is 0 Å². The Morgan fingerprint density at radius 2 is 2.14 bits per heavy atom. The van der Waals surface area contributed by atoms with Crippen LogP contribution < -0.4 is 5.32 Å². The van der Waals surface area contributed by atoms with Crippen LogP contribution >= 0.6 is 11.6 Å². The number of hydrogen-bond acceptors (Lipinski definition) is 3. The lowest BCUT2D eigenvalue weighted by atomic mass is 9.94. The highest BCUT2D eigenvalue weighted by Crippen LogP contribution is 2.23. The highest BCUT2D eigenvalue weighted by atomic mass is 35.5. The Hall–Kier alpha value is -1.39. The fourth-order valence-electron chi connectivity index (χ4n) is 2.60. The van der Waals surface area contributed by atoms with Gasteiger partial charge in [-0.15, -0.1) is 5.10 Å². The number of nitrogens with one attached hydrogen (secondary N) is 1.